The Labute approximate surface area is 208 Å². The first-order valence-corrected chi connectivity index (χ1v) is 12.2. The Hall–Kier alpha value is -3.81. The van der Waals surface area contributed by atoms with Crippen molar-refractivity contribution in [3.8, 4) is 5.75 Å². The summed E-state index contributed by atoms with van der Waals surface area (Å²) in [4.78, 5) is 65.2. The zero-order chi connectivity index (χ0) is 25.9. The van der Waals surface area contributed by atoms with Gasteiger partial charge in [-0.1, -0.05) is 29.8 Å². The standard InChI is InChI=1S/C28H27NO7/c1-13-5-3-6-16(25(13)33)22-15-8-9-17-23(28(36)29(27(17)35)10-4-7-21(31)32)18(15)12-19-24(22)20(30)11-14(2)26(19)34/h3,5-6,8,11,17-18,22-23,33H,4,7,9-10,12H2,1-2H3,(H,31,32)/t17-,18+,22+,23-/m0/s1. The van der Waals surface area contributed by atoms with Crippen LogP contribution >= 0.6 is 0 Å². The highest BCUT2D eigenvalue weighted by Gasteiger charge is 2.56. The average molecular weight is 490 g/mol. The van der Waals surface area contributed by atoms with E-state index in [4.69, 9.17) is 5.11 Å². The number of carbonyl (C=O) groups excluding carboxylic acids is 4. The van der Waals surface area contributed by atoms with Crippen molar-refractivity contribution in [2.24, 2.45) is 17.8 Å². The van der Waals surface area contributed by atoms with Gasteiger partial charge in [-0.2, -0.15) is 0 Å². The minimum atomic E-state index is -0.994. The monoisotopic (exact) mass is 489 g/mol. The number of allylic oxidation sites excluding steroid dienone is 6. The Morgan fingerprint density at radius 3 is 2.56 bits per heavy atom. The lowest BCUT2D eigenvalue weighted by molar-refractivity contribution is -0.142. The molecule has 8 heteroatoms. The lowest BCUT2D eigenvalue weighted by Crippen LogP contribution is -2.40. The number of likely N-dealkylation sites (tertiary alicyclic amines) is 1. The summed E-state index contributed by atoms with van der Waals surface area (Å²) in [6.45, 7) is 3.38. The van der Waals surface area contributed by atoms with Gasteiger partial charge in [-0.25, -0.2) is 0 Å². The minimum Gasteiger partial charge on any atom is -0.507 e. The molecule has 0 aromatic heterocycles. The number of imide groups is 1. The van der Waals surface area contributed by atoms with Crippen molar-refractivity contribution in [2.45, 2.75) is 45.4 Å². The van der Waals surface area contributed by atoms with Crippen molar-refractivity contribution in [3.05, 3.63) is 63.8 Å². The summed E-state index contributed by atoms with van der Waals surface area (Å²) in [6, 6.07) is 5.27. The number of hydrogen-bond donors (Lipinski definition) is 2. The van der Waals surface area contributed by atoms with E-state index in [1.165, 1.54) is 6.08 Å². The number of Topliss-reactive ketones (excluding diaryl/α,β-unsaturated/α-hetero) is 1. The summed E-state index contributed by atoms with van der Waals surface area (Å²) in [7, 11) is 0. The van der Waals surface area contributed by atoms with E-state index < -0.39 is 29.6 Å². The minimum absolute atomic E-state index is 0.0358. The first kappa shape index (κ1) is 23.9. The van der Waals surface area contributed by atoms with Crippen LogP contribution < -0.4 is 0 Å². The molecule has 0 spiro atoms. The molecule has 4 atom stereocenters. The number of nitrogens with zero attached hydrogens (tertiary/aromatic N) is 1. The second-order valence-electron chi connectivity index (χ2n) is 10.1. The second-order valence-corrected chi connectivity index (χ2v) is 10.1. The number of fused-ring (bicyclic) bond motifs is 3. The number of carboxylic acid groups (broad SMARTS) is 1. The molecule has 0 saturated carbocycles. The fourth-order valence-electron chi connectivity index (χ4n) is 6.33. The molecule has 4 aliphatic rings. The van der Waals surface area contributed by atoms with E-state index in [2.05, 4.69) is 0 Å². The third-order valence-corrected chi connectivity index (χ3v) is 8.01. The summed E-state index contributed by atoms with van der Waals surface area (Å²) in [6.07, 6.45) is 3.73. The van der Waals surface area contributed by atoms with Crippen LogP contribution in [0.1, 0.15) is 49.7 Å². The second kappa shape index (κ2) is 8.69. The van der Waals surface area contributed by atoms with E-state index in [-0.39, 0.29) is 54.9 Å². The van der Waals surface area contributed by atoms with Crippen LogP contribution in [0.4, 0.5) is 0 Å². The molecular formula is C28H27NO7. The van der Waals surface area contributed by atoms with Crippen LogP contribution in [0.5, 0.6) is 5.75 Å². The molecule has 1 fully saturated rings. The molecule has 2 N–H and O–H groups in total. The van der Waals surface area contributed by atoms with Crippen molar-refractivity contribution in [2.75, 3.05) is 6.54 Å². The molecule has 5 rings (SSSR count). The van der Waals surface area contributed by atoms with Gasteiger partial charge in [0.05, 0.1) is 11.8 Å². The molecule has 8 nitrogen and oxygen atoms in total. The summed E-state index contributed by atoms with van der Waals surface area (Å²) in [5.41, 5.74) is 2.92. The van der Waals surface area contributed by atoms with Gasteiger partial charge < -0.3 is 10.2 Å². The highest BCUT2D eigenvalue weighted by molar-refractivity contribution is 6.23. The molecule has 0 radical (unpaired) electrons. The summed E-state index contributed by atoms with van der Waals surface area (Å²) >= 11 is 0. The number of hydrogen-bond acceptors (Lipinski definition) is 6. The number of carbonyl (C=O) groups is 5. The Balaban J connectivity index is 1.60. The van der Waals surface area contributed by atoms with Crippen LogP contribution in [0.25, 0.3) is 0 Å². The number of phenolic OH excluding ortho intramolecular Hbond substituents is 1. The van der Waals surface area contributed by atoms with Gasteiger partial charge in [0.25, 0.3) is 0 Å². The van der Waals surface area contributed by atoms with Crippen molar-refractivity contribution in [3.63, 3.8) is 0 Å². The summed E-state index contributed by atoms with van der Waals surface area (Å²) < 4.78 is 0. The van der Waals surface area contributed by atoms with Crippen molar-refractivity contribution in [1.29, 1.82) is 0 Å². The molecule has 36 heavy (non-hydrogen) atoms. The molecule has 186 valence electrons. The maximum Gasteiger partial charge on any atom is 0.303 e. The van der Waals surface area contributed by atoms with Crippen LogP contribution in [0.15, 0.2) is 52.6 Å². The van der Waals surface area contributed by atoms with Gasteiger partial charge in [0, 0.05) is 41.2 Å². The lowest BCUT2D eigenvalue weighted by atomic mass is 9.59. The molecule has 3 aliphatic carbocycles. The number of aryl methyl sites for hydroxylation is 1. The molecule has 1 aliphatic heterocycles. The Bertz CT molecular complexity index is 1330. The molecule has 1 aromatic carbocycles. The number of para-hydroxylation sites is 1. The highest BCUT2D eigenvalue weighted by Crippen LogP contribution is 2.56. The summed E-state index contributed by atoms with van der Waals surface area (Å²) in [5, 5.41) is 19.9. The number of rotatable bonds is 5. The number of ketones is 2. The largest absolute Gasteiger partial charge is 0.507 e. The topological polar surface area (TPSA) is 129 Å². The zero-order valence-corrected chi connectivity index (χ0v) is 20.1. The SMILES string of the molecule is CC1=CC(=O)C2=C(C[C@@H]3C(=CC[C@@H]4C(=O)N(CCCC(=O)O)C(=O)[C@@H]43)[C@@H]2c2cccc(C)c2O)C1=O. The third kappa shape index (κ3) is 3.54. The lowest BCUT2D eigenvalue weighted by Gasteiger charge is -2.42. The van der Waals surface area contributed by atoms with Gasteiger partial charge in [-0.05, 0) is 50.7 Å². The van der Waals surface area contributed by atoms with E-state index >= 15 is 0 Å². The summed E-state index contributed by atoms with van der Waals surface area (Å²) in [5.74, 6) is -4.61. The average Bonchev–Trinajstić information content (AvgIpc) is 3.08. The van der Waals surface area contributed by atoms with E-state index in [1.54, 1.807) is 32.0 Å². The number of aliphatic carboxylic acids is 1. The van der Waals surface area contributed by atoms with Crippen molar-refractivity contribution < 1.29 is 34.2 Å². The van der Waals surface area contributed by atoms with Gasteiger partial charge in [-0.3, -0.25) is 28.9 Å². The normalized spacial score (nSPS) is 27.4. The number of benzene rings is 1. The van der Waals surface area contributed by atoms with Crippen LogP contribution in [0.3, 0.4) is 0 Å². The van der Waals surface area contributed by atoms with Crippen LogP contribution in [0, 0.1) is 24.7 Å². The quantitative estimate of drug-likeness (QED) is 0.370. The number of aromatic hydroxyl groups is 1. The third-order valence-electron chi connectivity index (χ3n) is 8.01. The molecule has 2 amide bonds. The van der Waals surface area contributed by atoms with E-state index in [0.29, 0.717) is 34.3 Å². The van der Waals surface area contributed by atoms with Crippen molar-refractivity contribution in [1.82, 2.24) is 4.90 Å². The first-order chi connectivity index (χ1) is 17.1. The van der Waals surface area contributed by atoms with Gasteiger partial charge in [0.1, 0.15) is 5.75 Å². The van der Waals surface area contributed by atoms with Crippen molar-refractivity contribution >= 4 is 29.4 Å². The van der Waals surface area contributed by atoms with Crippen LogP contribution in [-0.2, 0) is 24.0 Å². The van der Waals surface area contributed by atoms with Crippen LogP contribution in [-0.4, -0.2) is 51.0 Å². The maximum absolute atomic E-state index is 13.5. The fraction of sp³-hybridized carbons (Fsp3) is 0.393. The smallest absolute Gasteiger partial charge is 0.303 e. The molecule has 1 saturated heterocycles. The van der Waals surface area contributed by atoms with Crippen LogP contribution in [0.2, 0.25) is 0 Å². The molecule has 1 heterocycles. The maximum atomic E-state index is 13.5. The van der Waals surface area contributed by atoms with Gasteiger partial charge in [0.2, 0.25) is 11.8 Å². The molecular weight excluding hydrogens is 462 g/mol. The van der Waals surface area contributed by atoms with E-state index in [0.717, 1.165) is 10.5 Å². The van der Waals surface area contributed by atoms with E-state index in [9.17, 15) is 29.1 Å². The van der Waals surface area contributed by atoms with Gasteiger partial charge in [0.15, 0.2) is 11.6 Å². The molecule has 0 bridgehead atoms. The molecule has 0 unspecified atom stereocenters. The highest BCUT2D eigenvalue weighted by atomic mass is 16.4. The predicted octanol–water partition coefficient (Wildman–Crippen LogP) is 2.99. The molecule has 1 aromatic rings. The fourth-order valence-corrected chi connectivity index (χ4v) is 6.33. The van der Waals surface area contributed by atoms with Gasteiger partial charge >= 0.3 is 5.97 Å². The number of carboxylic acids is 1. The Morgan fingerprint density at radius 2 is 1.83 bits per heavy atom. The Kier molecular flexibility index (Phi) is 5.77. The van der Waals surface area contributed by atoms with E-state index in [1.807, 2.05) is 6.08 Å². The first-order valence-electron chi connectivity index (χ1n) is 12.2. The zero-order valence-electron chi connectivity index (χ0n) is 20.1. The predicted molar refractivity (Wildman–Crippen MR) is 128 cm³/mol. The van der Waals surface area contributed by atoms with Gasteiger partial charge in [-0.15, -0.1) is 0 Å². The number of amides is 2. The number of phenols is 1. The Morgan fingerprint density at radius 1 is 1.08 bits per heavy atom.